The summed E-state index contributed by atoms with van der Waals surface area (Å²) < 4.78 is 0. The smallest absolute Gasteiger partial charge is 0.0132 e. The molecular weight excluding hydrogens is 194 g/mol. The van der Waals surface area contributed by atoms with Crippen LogP contribution in [-0.2, 0) is 0 Å². The third-order valence-electron chi connectivity index (χ3n) is 3.50. The second-order valence-electron chi connectivity index (χ2n) is 4.78. The SMILES string of the molecule is C=C(CC)CC(NCC)C(CC)CCCC. The molecule has 0 saturated carbocycles. The van der Waals surface area contributed by atoms with Crippen molar-refractivity contribution in [3.8, 4) is 0 Å². The Bertz CT molecular complexity index is 174. The van der Waals surface area contributed by atoms with Crippen LogP contribution in [0.3, 0.4) is 0 Å². The Balaban J connectivity index is 4.26. The summed E-state index contributed by atoms with van der Waals surface area (Å²) in [6.07, 6.45) is 7.60. The molecule has 0 rings (SSSR count). The van der Waals surface area contributed by atoms with Crippen LogP contribution in [-0.4, -0.2) is 12.6 Å². The summed E-state index contributed by atoms with van der Waals surface area (Å²) in [6.45, 7) is 14.2. The van der Waals surface area contributed by atoms with E-state index in [1.807, 2.05) is 0 Å². The summed E-state index contributed by atoms with van der Waals surface area (Å²) in [7, 11) is 0. The minimum atomic E-state index is 0.647. The van der Waals surface area contributed by atoms with Crippen LogP contribution < -0.4 is 5.32 Å². The predicted octanol–water partition coefficient (Wildman–Crippen LogP) is 4.54. The van der Waals surface area contributed by atoms with Crippen LogP contribution in [0.15, 0.2) is 12.2 Å². The van der Waals surface area contributed by atoms with E-state index in [1.54, 1.807) is 0 Å². The van der Waals surface area contributed by atoms with E-state index in [2.05, 4.69) is 39.6 Å². The van der Waals surface area contributed by atoms with Crippen molar-refractivity contribution < 1.29 is 0 Å². The van der Waals surface area contributed by atoms with E-state index < -0.39 is 0 Å². The molecule has 0 heterocycles. The number of hydrogen-bond acceptors (Lipinski definition) is 1. The highest BCUT2D eigenvalue weighted by Gasteiger charge is 2.18. The Morgan fingerprint density at radius 2 is 1.88 bits per heavy atom. The van der Waals surface area contributed by atoms with Crippen LogP contribution in [0.4, 0.5) is 0 Å². The van der Waals surface area contributed by atoms with Crippen LogP contribution in [0.1, 0.15) is 66.2 Å². The molecule has 0 bridgehead atoms. The third-order valence-corrected chi connectivity index (χ3v) is 3.50. The molecule has 1 heteroatoms. The monoisotopic (exact) mass is 225 g/mol. The molecule has 0 aliphatic heterocycles. The molecule has 0 aromatic heterocycles. The van der Waals surface area contributed by atoms with Crippen molar-refractivity contribution in [3.63, 3.8) is 0 Å². The third kappa shape index (κ3) is 6.32. The van der Waals surface area contributed by atoms with Crippen LogP contribution in [0, 0.1) is 5.92 Å². The standard InChI is InChI=1S/C15H31N/c1-6-10-11-14(8-3)15(16-9-4)12-13(5)7-2/h14-16H,5-12H2,1-4H3. The molecule has 0 aromatic carbocycles. The average Bonchev–Trinajstić information content (AvgIpc) is 2.30. The molecule has 1 N–H and O–H groups in total. The molecule has 0 aromatic rings. The maximum absolute atomic E-state index is 4.15. The van der Waals surface area contributed by atoms with Gasteiger partial charge < -0.3 is 5.32 Å². The molecule has 1 nitrogen and oxygen atoms in total. The van der Waals surface area contributed by atoms with Gasteiger partial charge in [0.2, 0.25) is 0 Å². The van der Waals surface area contributed by atoms with E-state index in [9.17, 15) is 0 Å². The van der Waals surface area contributed by atoms with Crippen LogP contribution >= 0.6 is 0 Å². The molecule has 16 heavy (non-hydrogen) atoms. The van der Waals surface area contributed by atoms with Gasteiger partial charge in [-0.2, -0.15) is 0 Å². The number of nitrogens with one attached hydrogen (secondary N) is 1. The Labute approximate surface area is 103 Å². The lowest BCUT2D eigenvalue weighted by Gasteiger charge is -2.27. The summed E-state index contributed by atoms with van der Waals surface area (Å²) in [5, 5.41) is 3.65. The van der Waals surface area contributed by atoms with E-state index in [4.69, 9.17) is 0 Å². The maximum atomic E-state index is 4.15. The molecule has 2 atom stereocenters. The molecule has 0 radical (unpaired) electrons. The Morgan fingerprint density at radius 1 is 1.19 bits per heavy atom. The summed E-state index contributed by atoms with van der Waals surface area (Å²) in [6, 6.07) is 0.647. The second-order valence-corrected chi connectivity index (χ2v) is 4.78. The number of hydrogen-bond donors (Lipinski definition) is 1. The molecule has 0 aliphatic rings. The normalized spacial score (nSPS) is 14.8. The van der Waals surface area contributed by atoms with E-state index in [0.717, 1.165) is 25.3 Å². The van der Waals surface area contributed by atoms with Gasteiger partial charge in [-0.25, -0.2) is 0 Å². The first-order valence-corrected chi connectivity index (χ1v) is 7.09. The van der Waals surface area contributed by atoms with Gasteiger partial charge in [-0.15, -0.1) is 0 Å². The molecule has 0 fully saturated rings. The highest BCUT2D eigenvalue weighted by Crippen LogP contribution is 2.22. The Kier molecular flexibility index (Phi) is 9.71. The van der Waals surface area contributed by atoms with Crippen molar-refractivity contribution >= 4 is 0 Å². The molecule has 0 spiro atoms. The van der Waals surface area contributed by atoms with Crippen LogP contribution in [0.25, 0.3) is 0 Å². The van der Waals surface area contributed by atoms with Crippen molar-refractivity contribution in [2.75, 3.05) is 6.54 Å². The molecule has 2 unspecified atom stereocenters. The molecular formula is C15H31N. The second kappa shape index (κ2) is 9.89. The van der Waals surface area contributed by atoms with Crippen LogP contribution in [0.5, 0.6) is 0 Å². The lowest BCUT2D eigenvalue weighted by Crippen LogP contribution is -2.36. The van der Waals surface area contributed by atoms with Gasteiger partial charge in [0.25, 0.3) is 0 Å². The first-order valence-electron chi connectivity index (χ1n) is 7.09. The van der Waals surface area contributed by atoms with Crippen molar-refractivity contribution in [1.82, 2.24) is 5.32 Å². The van der Waals surface area contributed by atoms with E-state index in [1.165, 1.54) is 31.3 Å². The summed E-state index contributed by atoms with van der Waals surface area (Å²) in [5.41, 5.74) is 1.39. The van der Waals surface area contributed by atoms with E-state index in [-0.39, 0.29) is 0 Å². The van der Waals surface area contributed by atoms with Gasteiger partial charge in [0.1, 0.15) is 0 Å². The fourth-order valence-corrected chi connectivity index (χ4v) is 2.28. The lowest BCUT2D eigenvalue weighted by molar-refractivity contribution is 0.318. The Hall–Kier alpha value is -0.300. The van der Waals surface area contributed by atoms with Gasteiger partial charge in [-0.1, -0.05) is 59.1 Å². The first-order chi connectivity index (χ1) is 7.69. The number of rotatable bonds is 10. The van der Waals surface area contributed by atoms with Crippen molar-refractivity contribution in [2.24, 2.45) is 5.92 Å². The highest BCUT2D eigenvalue weighted by atomic mass is 14.9. The minimum absolute atomic E-state index is 0.647. The van der Waals surface area contributed by atoms with Gasteiger partial charge >= 0.3 is 0 Å². The van der Waals surface area contributed by atoms with Gasteiger partial charge in [-0.05, 0) is 31.7 Å². The zero-order valence-corrected chi connectivity index (χ0v) is 11.8. The summed E-state index contributed by atoms with van der Waals surface area (Å²) in [4.78, 5) is 0. The van der Waals surface area contributed by atoms with Gasteiger partial charge in [-0.3, -0.25) is 0 Å². The number of unbranched alkanes of at least 4 members (excludes halogenated alkanes) is 1. The lowest BCUT2D eigenvalue weighted by atomic mass is 9.87. The largest absolute Gasteiger partial charge is 0.314 e. The molecule has 96 valence electrons. The fourth-order valence-electron chi connectivity index (χ4n) is 2.28. The van der Waals surface area contributed by atoms with Crippen LogP contribution in [0.2, 0.25) is 0 Å². The minimum Gasteiger partial charge on any atom is -0.314 e. The topological polar surface area (TPSA) is 12.0 Å². The predicted molar refractivity (Wildman–Crippen MR) is 74.8 cm³/mol. The first kappa shape index (κ1) is 15.7. The fraction of sp³-hybridized carbons (Fsp3) is 0.867. The van der Waals surface area contributed by atoms with Gasteiger partial charge in [0.15, 0.2) is 0 Å². The maximum Gasteiger partial charge on any atom is 0.0132 e. The zero-order valence-electron chi connectivity index (χ0n) is 11.8. The summed E-state index contributed by atoms with van der Waals surface area (Å²) in [5.74, 6) is 0.822. The van der Waals surface area contributed by atoms with E-state index >= 15 is 0 Å². The quantitative estimate of drug-likeness (QED) is 0.538. The highest BCUT2D eigenvalue weighted by molar-refractivity contribution is 4.98. The van der Waals surface area contributed by atoms with Crippen molar-refractivity contribution in [3.05, 3.63) is 12.2 Å². The molecule has 0 aliphatic carbocycles. The zero-order chi connectivity index (χ0) is 12.4. The Morgan fingerprint density at radius 3 is 2.31 bits per heavy atom. The average molecular weight is 225 g/mol. The van der Waals surface area contributed by atoms with E-state index in [0.29, 0.717) is 6.04 Å². The molecule has 0 amide bonds. The van der Waals surface area contributed by atoms with Crippen molar-refractivity contribution in [1.29, 1.82) is 0 Å². The van der Waals surface area contributed by atoms with Gasteiger partial charge in [0, 0.05) is 6.04 Å². The van der Waals surface area contributed by atoms with Crippen molar-refractivity contribution in [2.45, 2.75) is 72.3 Å². The van der Waals surface area contributed by atoms with Gasteiger partial charge in [0.05, 0.1) is 0 Å². The summed E-state index contributed by atoms with van der Waals surface area (Å²) >= 11 is 0. The molecule has 0 saturated heterocycles.